The number of aromatic amines is 1. The molecule has 9 heteroatoms. The third kappa shape index (κ3) is 7.96. The predicted molar refractivity (Wildman–Crippen MR) is 183 cm³/mol. The monoisotopic (exact) mass is 609 g/mol. The van der Waals surface area contributed by atoms with E-state index in [2.05, 4.69) is 88.8 Å². The molecular formula is C36H47N7O2. The zero-order valence-corrected chi connectivity index (χ0v) is 26.9. The number of fused-ring (bicyclic) bond motifs is 1. The van der Waals surface area contributed by atoms with Crippen LogP contribution in [0.1, 0.15) is 52.0 Å². The first kappa shape index (κ1) is 30.9. The quantitative estimate of drug-likeness (QED) is 0.208. The molecule has 2 aliphatic rings. The molecular weight excluding hydrogens is 562 g/mol. The largest absolute Gasteiger partial charge is 0.492 e. The second kappa shape index (κ2) is 13.9. The molecule has 3 aromatic carbocycles. The second-order valence-electron chi connectivity index (χ2n) is 13.3. The minimum absolute atomic E-state index is 0.0887. The van der Waals surface area contributed by atoms with Gasteiger partial charge in [0.25, 0.3) is 0 Å². The summed E-state index contributed by atoms with van der Waals surface area (Å²) in [6, 6.07) is 22.5. The van der Waals surface area contributed by atoms with Gasteiger partial charge in [-0.1, -0.05) is 57.9 Å². The van der Waals surface area contributed by atoms with E-state index in [-0.39, 0.29) is 11.4 Å². The van der Waals surface area contributed by atoms with E-state index in [1.807, 2.05) is 29.3 Å². The number of carbonyl (C=O) groups is 1. The van der Waals surface area contributed by atoms with Crippen molar-refractivity contribution in [2.24, 2.45) is 0 Å². The van der Waals surface area contributed by atoms with Gasteiger partial charge in [0.05, 0.1) is 11.2 Å². The number of carbonyl (C=O) groups excluding carboxylic acids is 1. The molecule has 0 atom stereocenters. The number of urea groups is 1. The van der Waals surface area contributed by atoms with Crippen molar-refractivity contribution in [2.45, 2.75) is 51.9 Å². The van der Waals surface area contributed by atoms with Crippen LogP contribution in [0.4, 0.5) is 16.2 Å². The number of anilines is 2. The first-order valence-corrected chi connectivity index (χ1v) is 16.4. The predicted octanol–water partition coefficient (Wildman–Crippen LogP) is 6.64. The van der Waals surface area contributed by atoms with Gasteiger partial charge in [-0.3, -0.25) is 10.3 Å². The molecule has 4 aromatic rings. The summed E-state index contributed by atoms with van der Waals surface area (Å²) in [5.41, 5.74) is 9.52. The molecule has 9 nitrogen and oxygen atoms in total. The number of hydrogen-bond acceptors (Lipinski definition) is 6. The number of ether oxygens (including phenoxy) is 1. The highest BCUT2D eigenvalue weighted by Crippen LogP contribution is 2.31. The number of amides is 2. The molecule has 6 rings (SSSR count). The maximum Gasteiger partial charge on any atom is 0.333 e. The molecule has 2 aliphatic heterocycles. The summed E-state index contributed by atoms with van der Waals surface area (Å²) in [5.74, 6) is 1.72. The van der Waals surface area contributed by atoms with Gasteiger partial charge in [-0.15, -0.1) is 0 Å². The SMILES string of the molecule is CC(C)(C)c1cccc(-c2nc3c(N4CCN(CCOc5ccc(NC(=O)NN6CCCCCC6)cc5)CC4)cccc3[nH]2)c1. The lowest BCUT2D eigenvalue weighted by Crippen LogP contribution is -2.47. The number of rotatable bonds is 8. The fourth-order valence-corrected chi connectivity index (χ4v) is 6.17. The van der Waals surface area contributed by atoms with Gasteiger partial charge in [0.15, 0.2) is 0 Å². The van der Waals surface area contributed by atoms with E-state index >= 15 is 0 Å². The molecule has 0 bridgehead atoms. The van der Waals surface area contributed by atoms with Crippen LogP contribution in [0, 0.1) is 0 Å². The van der Waals surface area contributed by atoms with Crippen LogP contribution in [-0.2, 0) is 5.41 Å². The van der Waals surface area contributed by atoms with Crippen molar-refractivity contribution in [3.8, 4) is 17.1 Å². The van der Waals surface area contributed by atoms with Crippen molar-refractivity contribution in [2.75, 3.05) is 62.6 Å². The van der Waals surface area contributed by atoms with E-state index in [9.17, 15) is 4.79 Å². The first-order chi connectivity index (χ1) is 21.8. The Morgan fingerprint density at radius 3 is 2.36 bits per heavy atom. The number of piperazine rings is 1. The Balaban J connectivity index is 0.973. The molecule has 0 unspecified atom stereocenters. The molecule has 2 amide bonds. The van der Waals surface area contributed by atoms with Gasteiger partial charge < -0.3 is 19.9 Å². The summed E-state index contributed by atoms with van der Waals surface area (Å²) in [7, 11) is 0. The molecule has 0 saturated carbocycles. The molecule has 45 heavy (non-hydrogen) atoms. The normalized spacial score (nSPS) is 16.8. The van der Waals surface area contributed by atoms with E-state index in [0.29, 0.717) is 6.61 Å². The number of nitrogens with zero attached hydrogens (tertiary/aromatic N) is 4. The van der Waals surface area contributed by atoms with Crippen molar-refractivity contribution in [1.29, 1.82) is 0 Å². The van der Waals surface area contributed by atoms with Crippen molar-refractivity contribution < 1.29 is 9.53 Å². The Kier molecular flexibility index (Phi) is 9.56. The van der Waals surface area contributed by atoms with Crippen molar-refractivity contribution >= 4 is 28.4 Å². The van der Waals surface area contributed by atoms with Crippen LogP contribution in [0.3, 0.4) is 0 Å². The van der Waals surface area contributed by atoms with Crippen LogP contribution in [0.5, 0.6) is 5.75 Å². The van der Waals surface area contributed by atoms with Crippen LogP contribution >= 0.6 is 0 Å². The smallest absolute Gasteiger partial charge is 0.333 e. The zero-order chi connectivity index (χ0) is 31.2. The van der Waals surface area contributed by atoms with Crippen LogP contribution in [-0.4, -0.2) is 78.3 Å². The first-order valence-electron chi connectivity index (χ1n) is 16.4. The molecule has 3 heterocycles. The number of H-pyrrole nitrogens is 1. The maximum atomic E-state index is 12.4. The van der Waals surface area contributed by atoms with E-state index in [1.54, 1.807) is 0 Å². The molecule has 3 N–H and O–H groups in total. The van der Waals surface area contributed by atoms with Crippen LogP contribution in [0.15, 0.2) is 66.7 Å². The summed E-state index contributed by atoms with van der Waals surface area (Å²) < 4.78 is 6.04. The maximum absolute atomic E-state index is 12.4. The van der Waals surface area contributed by atoms with Crippen LogP contribution in [0.2, 0.25) is 0 Å². The second-order valence-corrected chi connectivity index (χ2v) is 13.3. The van der Waals surface area contributed by atoms with Gasteiger partial charge in [0.2, 0.25) is 0 Å². The summed E-state index contributed by atoms with van der Waals surface area (Å²) in [5, 5.41) is 4.94. The average molecular weight is 610 g/mol. The summed E-state index contributed by atoms with van der Waals surface area (Å²) in [6.07, 6.45) is 4.71. The van der Waals surface area contributed by atoms with Gasteiger partial charge in [-0.25, -0.2) is 14.8 Å². The van der Waals surface area contributed by atoms with E-state index < -0.39 is 0 Å². The van der Waals surface area contributed by atoms with Crippen molar-refractivity contribution in [1.82, 2.24) is 25.3 Å². The van der Waals surface area contributed by atoms with E-state index in [4.69, 9.17) is 9.72 Å². The molecule has 238 valence electrons. The average Bonchev–Trinajstić information content (AvgIpc) is 3.32. The number of nitrogens with one attached hydrogen (secondary N) is 3. The van der Waals surface area contributed by atoms with E-state index in [1.165, 1.54) is 24.1 Å². The number of imidazole rings is 1. The Hall–Kier alpha value is -4.08. The number of aromatic nitrogens is 2. The van der Waals surface area contributed by atoms with Gasteiger partial charge >= 0.3 is 6.03 Å². The van der Waals surface area contributed by atoms with Crippen LogP contribution in [0.25, 0.3) is 22.4 Å². The highest BCUT2D eigenvalue weighted by atomic mass is 16.5. The Morgan fingerprint density at radius 2 is 1.62 bits per heavy atom. The van der Waals surface area contributed by atoms with Gasteiger partial charge in [-0.2, -0.15) is 0 Å². The lowest BCUT2D eigenvalue weighted by Gasteiger charge is -2.36. The Morgan fingerprint density at radius 1 is 0.889 bits per heavy atom. The number of hydrazine groups is 1. The summed E-state index contributed by atoms with van der Waals surface area (Å²) in [4.78, 5) is 25.9. The van der Waals surface area contributed by atoms with Crippen molar-refractivity contribution in [3.63, 3.8) is 0 Å². The van der Waals surface area contributed by atoms with Crippen molar-refractivity contribution in [3.05, 3.63) is 72.3 Å². The summed E-state index contributed by atoms with van der Waals surface area (Å²) >= 11 is 0. The van der Waals surface area contributed by atoms with Crippen LogP contribution < -0.4 is 20.4 Å². The van der Waals surface area contributed by atoms with Gasteiger partial charge in [0, 0.05) is 57.1 Å². The molecule has 0 spiro atoms. The fourth-order valence-electron chi connectivity index (χ4n) is 6.17. The lowest BCUT2D eigenvalue weighted by atomic mass is 9.86. The highest BCUT2D eigenvalue weighted by molar-refractivity contribution is 5.91. The molecule has 0 aliphatic carbocycles. The third-order valence-corrected chi connectivity index (χ3v) is 8.86. The topological polar surface area (TPSA) is 88.8 Å². The summed E-state index contributed by atoms with van der Waals surface area (Å²) in [6.45, 7) is 13.9. The highest BCUT2D eigenvalue weighted by Gasteiger charge is 2.21. The number of benzene rings is 3. The minimum Gasteiger partial charge on any atom is -0.492 e. The fraction of sp³-hybridized carbons (Fsp3) is 0.444. The molecule has 2 fully saturated rings. The third-order valence-electron chi connectivity index (χ3n) is 8.86. The lowest BCUT2D eigenvalue weighted by molar-refractivity contribution is 0.190. The van der Waals surface area contributed by atoms with Gasteiger partial charge in [0.1, 0.15) is 23.7 Å². The molecule has 1 aromatic heterocycles. The zero-order valence-electron chi connectivity index (χ0n) is 26.9. The molecule has 0 radical (unpaired) electrons. The van der Waals surface area contributed by atoms with Gasteiger partial charge in [-0.05, 0) is 66.3 Å². The Labute approximate surface area is 266 Å². The molecule has 2 saturated heterocycles. The Bertz CT molecular complexity index is 1560. The number of para-hydroxylation sites is 1. The van der Waals surface area contributed by atoms with E-state index in [0.717, 1.165) is 92.5 Å². The minimum atomic E-state index is -0.195. The standard InChI is InChI=1S/C36H47N7O2/c1-36(2,3)28-11-8-10-27(26-28)34-38-31-12-9-13-32(33(31)39-34)42-22-20-41(21-23-42)24-25-45-30-16-14-29(15-17-30)37-35(44)40-43-18-6-4-5-7-19-43/h8-17,26H,4-7,18-25H2,1-3H3,(H,38,39)(H2,37,40,44). The number of hydrogen-bond donors (Lipinski definition) is 3.